The fraction of sp³-hybridized carbons (Fsp3) is 0.111. The highest BCUT2D eigenvalue weighted by Crippen LogP contribution is 2.44. The van der Waals surface area contributed by atoms with E-state index in [9.17, 15) is 14.3 Å². The Morgan fingerprint density at radius 3 is 2.54 bits per heavy atom. The van der Waals surface area contributed by atoms with Gasteiger partial charge >= 0.3 is 0 Å². The summed E-state index contributed by atoms with van der Waals surface area (Å²) < 4.78 is 14.6. The molecule has 2 N–H and O–H groups in total. The molecule has 1 aliphatic heterocycles. The first-order valence-electron chi connectivity index (χ1n) is 7.89. The Morgan fingerprint density at radius 1 is 1.15 bits per heavy atom. The van der Waals surface area contributed by atoms with E-state index in [1.807, 2.05) is 19.1 Å². The van der Waals surface area contributed by atoms with Crippen LogP contribution in [-0.4, -0.2) is 31.6 Å². The molecule has 2 heterocycles. The zero-order chi connectivity index (χ0) is 18.3. The van der Waals surface area contributed by atoms with Crippen molar-refractivity contribution >= 4 is 17.4 Å². The van der Waals surface area contributed by atoms with Gasteiger partial charge in [0.2, 0.25) is 0 Å². The number of nitrogens with zero attached hydrogens (tertiary/aromatic N) is 4. The van der Waals surface area contributed by atoms with E-state index in [1.54, 1.807) is 30.3 Å². The van der Waals surface area contributed by atoms with Gasteiger partial charge in [0.15, 0.2) is 5.76 Å². The van der Waals surface area contributed by atoms with Gasteiger partial charge < -0.3 is 5.11 Å². The minimum atomic E-state index is -0.913. The molecule has 0 unspecified atom stereocenters. The van der Waals surface area contributed by atoms with E-state index in [0.29, 0.717) is 11.1 Å². The lowest BCUT2D eigenvalue weighted by atomic mass is 9.93. The largest absolute Gasteiger partial charge is 0.503 e. The number of benzene rings is 2. The summed E-state index contributed by atoms with van der Waals surface area (Å²) in [6, 6.07) is 12.4. The molecule has 1 atom stereocenters. The van der Waals surface area contributed by atoms with E-state index in [2.05, 4.69) is 20.6 Å². The topological polar surface area (TPSA) is 95.0 Å². The van der Waals surface area contributed by atoms with Gasteiger partial charge in [-0.05, 0) is 23.8 Å². The molecule has 0 radical (unpaired) electrons. The number of halogens is 1. The Balaban J connectivity index is 1.94. The van der Waals surface area contributed by atoms with Crippen molar-refractivity contribution in [3.8, 4) is 0 Å². The maximum atomic E-state index is 14.6. The van der Waals surface area contributed by atoms with Crippen LogP contribution < -0.4 is 4.90 Å². The van der Waals surface area contributed by atoms with Crippen molar-refractivity contribution in [1.29, 1.82) is 0 Å². The van der Waals surface area contributed by atoms with E-state index in [4.69, 9.17) is 0 Å². The molecule has 2 aromatic carbocycles. The number of aliphatic hydroxyl groups is 1. The lowest BCUT2D eigenvalue weighted by Crippen LogP contribution is -2.31. The van der Waals surface area contributed by atoms with Crippen LogP contribution in [-0.2, 0) is 4.79 Å². The zero-order valence-electron chi connectivity index (χ0n) is 13.7. The summed E-state index contributed by atoms with van der Waals surface area (Å²) >= 11 is 0. The first kappa shape index (κ1) is 15.9. The number of carbonyl (C=O) groups excluding carboxylic acids is 1. The van der Waals surface area contributed by atoms with Gasteiger partial charge in [-0.25, -0.2) is 4.39 Å². The molecule has 0 saturated carbocycles. The molecule has 1 aromatic heterocycles. The van der Waals surface area contributed by atoms with Crippen LogP contribution in [0.5, 0.6) is 0 Å². The molecule has 4 rings (SSSR count). The number of amides is 1. The molecule has 1 aliphatic rings. The second-order valence-electron chi connectivity index (χ2n) is 5.94. The average molecular weight is 351 g/mol. The third-order valence-corrected chi connectivity index (χ3v) is 4.32. The molecular formula is C18H14FN5O2. The van der Waals surface area contributed by atoms with Crippen molar-refractivity contribution in [2.75, 3.05) is 4.90 Å². The highest BCUT2D eigenvalue weighted by Gasteiger charge is 2.44. The van der Waals surface area contributed by atoms with Crippen LogP contribution in [0.15, 0.2) is 54.3 Å². The Morgan fingerprint density at radius 2 is 1.88 bits per heavy atom. The number of aryl methyl sites for hydroxylation is 1. The number of hydrogen-bond donors (Lipinski definition) is 2. The van der Waals surface area contributed by atoms with Crippen LogP contribution >= 0.6 is 0 Å². The van der Waals surface area contributed by atoms with Crippen molar-refractivity contribution in [2.45, 2.75) is 13.0 Å². The molecule has 1 amide bonds. The van der Waals surface area contributed by atoms with Crippen LogP contribution in [0.4, 0.5) is 10.3 Å². The lowest BCUT2D eigenvalue weighted by Gasteiger charge is -2.24. The minimum Gasteiger partial charge on any atom is -0.503 e. The normalized spacial score (nSPS) is 17.2. The lowest BCUT2D eigenvalue weighted by molar-refractivity contribution is -0.117. The average Bonchev–Trinajstić information content (AvgIpc) is 3.24. The number of aromatic amines is 1. The Labute approximate surface area is 147 Å². The Hall–Kier alpha value is -3.55. The maximum Gasteiger partial charge on any atom is 0.296 e. The summed E-state index contributed by atoms with van der Waals surface area (Å²) in [5.41, 5.74) is 2.16. The fourth-order valence-electron chi connectivity index (χ4n) is 3.09. The quantitative estimate of drug-likeness (QED) is 0.756. The van der Waals surface area contributed by atoms with Crippen LogP contribution in [0.3, 0.4) is 0 Å². The van der Waals surface area contributed by atoms with E-state index >= 15 is 0 Å². The summed E-state index contributed by atoms with van der Waals surface area (Å²) in [5, 5.41) is 23.9. The highest BCUT2D eigenvalue weighted by atomic mass is 19.1. The predicted molar refractivity (Wildman–Crippen MR) is 91.5 cm³/mol. The Kier molecular flexibility index (Phi) is 3.72. The number of anilines is 1. The summed E-state index contributed by atoms with van der Waals surface area (Å²) in [5.74, 6) is -1.72. The summed E-state index contributed by atoms with van der Waals surface area (Å²) in [7, 11) is 0. The summed E-state index contributed by atoms with van der Waals surface area (Å²) in [6.45, 7) is 1.93. The van der Waals surface area contributed by atoms with Crippen molar-refractivity contribution in [3.05, 3.63) is 76.8 Å². The van der Waals surface area contributed by atoms with Crippen LogP contribution in [0.2, 0.25) is 0 Å². The zero-order valence-corrected chi connectivity index (χ0v) is 13.7. The third-order valence-electron chi connectivity index (χ3n) is 4.32. The molecule has 3 aromatic rings. The molecule has 130 valence electrons. The van der Waals surface area contributed by atoms with E-state index in [1.165, 1.54) is 6.07 Å². The van der Waals surface area contributed by atoms with Gasteiger partial charge in [-0.1, -0.05) is 53.1 Å². The smallest absolute Gasteiger partial charge is 0.296 e. The first-order valence-corrected chi connectivity index (χ1v) is 7.89. The monoisotopic (exact) mass is 351 g/mol. The number of hydrogen-bond acceptors (Lipinski definition) is 5. The third kappa shape index (κ3) is 2.43. The summed E-state index contributed by atoms with van der Waals surface area (Å²) in [6.07, 6.45) is 0. The number of tetrazole rings is 1. The van der Waals surface area contributed by atoms with Gasteiger partial charge in [0.25, 0.3) is 11.9 Å². The fourth-order valence-corrected chi connectivity index (χ4v) is 3.09. The predicted octanol–water partition coefficient (Wildman–Crippen LogP) is 2.70. The second kappa shape index (κ2) is 6.07. The van der Waals surface area contributed by atoms with Crippen molar-refractivity contribution in [2.24, 2.45) is 0 Å². The number of aliphatic hydroxyl groups excluding tert-OH is 1. The van der Waals surface area contributed by atoms with E-state index < -0.39 is 23.5 Å². The van der Waals surface area contributed by atoms with Crippen molar-refractivity contribution < 1.29 is 14.3 Å². The SMILES string of the molecule is Cc1ccc(C2=C(O)C(=O)N(c3nn[nH]n3)[C@@H]2c2ccccc2F)cc1. The van der Waals surface area contributed by atoms with Crippen LogP contribution in [0.25, 0.3) is 5.57 Å². The number of H-pyrrole nitrogens is 1. The molecule has 0 fully saturated rings. The van der Waals surface area contributed by atoms with Crippen LogP contribution in [0.1, 0.15) is 22.7 Å². The second-order valence-corrected chi connectivity index (χ2v) is 5.94. The number of nitrogens with one attached hydrogen (secondary N) is 1. The maximum absolute atomic E-state index is 14.6. The number of carbonyl (C=O) groups is 1. The van der Waals surface area contributed by atoms with E-state index in [0.717, 1.165) is 10.5 Å². The summed E-state index contributed by atoms with van der Waals surface area (Å²) in [4.78, 5) is 13.9. The van der Waals surface area contributed by atoms with Gasteiger partial charge in [0, 0.05) is 11.1 Å². The molecule has 0 aliphatic carbocycles. The number of aromatic nitrogens is 4. The van der Waals surface area contributed by atoms with Gasteiger partial charge in [-0.3, -0.25) is 9.69 Å². The molecular weight excluding hydrogens is 337 g/mol. The van der Waals surface area contributed by atoms with Crippen molar-refractivity contribution in [3.63, 3.8) is 0 Å². The minimum absolute atomic E-state index is 0.0445. The standard InChI is InChI=1S/C18H14FN5O2/c1-10-6-8-11(9-7-10)14-15(12-4-2-3-5-13(12)19)24(17(26)16(14)25)18-20-22-23-21-18/h2-9,15,25H,1H3,(H,20,21,22,23)/t15-/m1/s1. The van der Waals surface area contributed by atoms with Gasteiger partial charge in [-0.15, -0.1) is 5.10 Å². The Bertz CT molecular complexity index is 999. The van der Waals surface area contributed by atoms with E-state index in [-0.39, 0.29) is 11.5 Å². The molecule has 0 saturated heterocycles. The molecule has 8 heteroatoms. The molecule has 0 spiro atoms. The highest BCUT2D eigenvalue weighted by molar-refractivity contribution is 6.15. The van der Waals surface area contributed by atoms with Crippen molar-refractivity contribution in [1.82, 2.24) is 20.6 Å². The molecule has 7 nitrogen and oxygen atoms in total. The van der Waals surface area contributed by atoms with Gasteiger partial charge in [0.05, 0.1) is 6.04 Å². The van der Waals surface area contributed by atoms with Gasteiger partial charge in [-0.2, -0.15) is 5.21 Å². The molecule has 0 bridgehead atoms. The van der Waals surface area contributed by atoms with Crippen LogP contribution in [0, 0.1) is 12.7 Å². The van der Waals surface area contributed by atoms with Gasteiger partial charge in [0.1, 0.15) is 5.82 Å². The molecule has 26 heavy (non-hydrogen) atoms. The first-order chi connectivity index (χ1) is 12.6. The number of rotatable bonds is 3.